The highest BCUT2D eigenvalue weighted by Crippen LogP contribution is 2.26. The van der Waals surface area contributed by atoms with E-state index in [9.17, 15) is 8.42 Å². The Kier molecular flexibility index (Phi) is 4.64. The molecular formula is C11H16ClNO3S2. The molecule has 1 aromatic heterocycles. The Balaban J connectivity index is 2.12. The largest absolute Gasteiger partial charge is 0.447 e. The van der Waals surface area contributed by atoms with Crippen molar-refractivity contribution in [3.8, 4) is 0 Å². The molecule has 0 atom stereocenters. The van der Waals surface area contributed by atoms with Crippen LogP contribution in [-0.2, 0) is 15.9 Å². The zero-order valence-corrected chi connectivity index (χ0v) is 12.5. The molecule has 0 bridgehead atoms. The molecule has 4 nitrogen and oxygen atoms in total. The quantitative estimate of drug-likeness (QED) is 0.802. The van der Waals surface area contributed by atoms with Crippen LogP contribution in [0.2, 0.25) is 0 Å². The summed E-state index contributed by atoms with van der Waals surface area (Å²) in [6.07, 6.45) is 3.85. The van der Waals surface area contributed by atoms with Gasteiger partial charge in [-0.05, 0) is 31.2 Å². The number of furan rings is 1. The number of thioether (sulfide) groups is 1. The number of hydrogen-bond acceptors (Lipinski definition) is 4. The van der Waals surface area contributed by atoms with Crippen molar-refractivity contribution in [2.24, 2.45) is 0 Å². The summed E-state index contributed by atoms with van der Waals surface area (Å²) in [7, 11) is -3.48. The van der Waals surface area contributed by atoms with Gasteiger partial charge in [0, 0.05) is 18.3 Å². The zero-order chi connectivity index (χ0) is 13.2. The lowest BCUT2D eigenvalue weighted by Crippen LogP contribution is -2.39. The SMILES string of the molecule is CSC1CCN(S(=O)(=O)c2ccc(CCl)o2)CC1. The Bertz CT molecular complexity index is 492. The van der Waals surface area contributed by atoms with Crippen molar-refractivity contribution >= 4 is 33.4 Å². The van der Waals surface area contributed by atoms with Gasteiger partial charge in [-0.3, -0.25) is 0 Å². The molecule has 7 heteroatoms. The third kappa shape index (κ3) is 2.87. The van der Waals surface area contributed by atoms with E-state index in [1.54, 1.807) is 17.8 Å². The molecule has 0 radical (unpaired) electrons. The van der Waals surface area contributed by atoms with Crippen LogP contribution in [0, 0.1) is 0 Å². The van der Waals surface area contributed by atoms with E-state index in [1.165, 1.54) is 10.4 Å². The molecular weight excluding hydrogens is 294 g/mol. The Morgan fingerprint density at radius 2 is 2.11 bits per heavy atom. The minimum atomic E-state index is -3.48. The maximum atomic E-state index is 12.3. The highest BCUT2D eigenvalue weighted by molar-refractivity contribution is 7.99. The van der Waals surface area contributed by atoms with Crippen LogP contribution in [0.3, 0.4) is 0 Å². The van der Waals surface area contributed by atoms with E-state index in [2.05, 4.69) is 6.26 Å². The number of nitrogens with zero attached hydrogens (tertiary/aromatic N) is 1. The van der Waals surface area contributed by atoms with Crippen LogP contribution >= 0.6 is 23.4 Å². The fourth-order valence-corrected chi connectivity index (χ4v) is 4.23. The molecule has 1 aliphatic rings. The summed E-state index contributed by atoms with van der Waals surface area (Å²) in [5.74, 6) is 0.665. The van der Waals surface area contributed by atoms with E-state index in [4.69, 9.17) is 16.0 Å². The van der Waals surface area contributed by atoms with Gasteiger partial charge in [0.25, 0.3) is 10.0 Å². The first-order valence-electron chi connectivity index (χ1n) is 5.75. The van der Waals surface area contributed by atoms with E-state index in [1.807, 2.05) is 0 Å². The number of sulfonamides is 1. The highest BCUT2D eigenvalue weighted by atomic mass is 35.5. The normalized spacial score (nSPS) is 19.2. The molecule has 0 aliphatic carbocycles. The molecule has 0 amide bonds. The van der Waals surface area contributed by atoms with Crippen LogP contribution < -0.4 is 0 Å². The molecule has 1 aliphatic heterocycles. The smallest absolute Gasteiger partial charge is 0.276 e. The first-order valence-corrected chi connectivity index (χ1v) is 9.02. The van der Waals surface area contributed by atoms with Crippen LogP contribution in [0.1, 0.15) is 18.6 Å². The van der Waals surface area contributed by atoms with E-state index in [0.29, 0.717) is 24.1 Å². The fraction of sp³-hybridized carbons (Fsp3) is 0.636. The second-order valence-corrected chi connectivity index (χ2v) is 7.47. The molecule has 0 N–H and O–H groups in total. The van der Waals surface area contributed by atoms with E-state index in [0.717, 1.165) is 12.8 Å². The lowest BCUT2D eigenvalue weighted by Gasteiger charge is -2.29. The van der Waals surface area contributed by atoms with Gasteiger partial charge in [-0.15, -0.1) is 11.6 Å². The average Bonchev–Trinajstić information content (AvgIpc) is 2.88. The summed E-state index contributed by atoms with van der Waals surface area (Å²) in [5.41, 5.74) is 0. The van der Waals surface area contributed by atoms with Gasteiger partial charge in [0.2, 0.25) is 5.09 Å². The van der Waals surface area contributed by atoms with Gasteiger partial charge in [0.15, 0.2) is 0 Å². The summed E-state index contributed by atoms with van der Waals surface area (Å²) >= 11 is 7.41. The molecule has 0 unspecified atom stereocenters. The second-order valence-electron chi connectivity index (χ2n) is 4.19. The van der Waals surface area contributed by atoms with Gasteiger partial charge in [-0.25, -0.2) is 8.42 Å². The van der Waals surface area contributed by atoms with Crippen LogP contribution in [0.4, 0.5) is 0 Å². The summed E-state index contributed by atoms with van der Waals surface area (Å²) in [6.45, 7) is 1.12. The first-order chi connectivity index (χ1) is 8.57. The van der Waals surface area contributed by atoms with Crippen molar-refractivity contribution in [2.75, 3.05) is 19.3 Å². The summed E-state index contributed by atoms with van der Waals surface area (Å²) in [4.78, 5) is 0. The molecule has 0 aromatic carbocycles. The third-order valence-corrected chi connectivity index (χ3v) is 6.27. The molecule has 1 aromatic rings. The molecule has 0 saturated carbocycles. The van der Waals surface area contributed by atoms with Gasteiger partial charge < -0.3 is 4.42 Å². The Labute approximate surface area is 117 Å². The standard InChI is InChI=1S/C11H16ClNO3S2/c1-17-10-4-6-13(7-5-10)18(14,15)11-3-2-9(8-12)16-11/h2-3,10H,4-8H2,1H3. The van der Waals surface area contributed by atoms with Gasteiger partial charge in [0.05, 0.1) is 5.88 Å². The van der Waals surface area contributed by atoms with Crippen LogP contribution in [-0.4, -0.2) is 37.3 Å². The monoisotopic (exact) mass is 309 g/mol. The summed E-state index contributed by atoms with van der Waals surface area (Å²) in [6, 6.07) is 3.09. The van der Waals surface area contributed by atoms with Gasteiger partial charge in [-0.2, -0.15) is 16.1 Å². The number of halogens is 1. The molecule has 1 fully saturated rings. The second kappa shape index (κ2) is 5.86. The van der Waals surface area contributed by atoms with Crippen molar-refractivity contribution in [3.63, 3.8) is 0 Å². The topological polar surface area (TPSA) is 50.5 Å². The number of alkyl halides is 1. The van der Waals surface area contributed by atoms with E-state index >= 15 is 0 Å². The predicted octanol–water partition coefficient (Wildman–Crippen LogP) is 2.53. The minimum Gasteiger partial charge on any atom is -0.447 e. The van der Waals surface area contributed by atoms with Crippen molar-refractivity contribution in [3.05, 3.63) is 17.9 Å². The van der Waals surface area contributed by atoms with E-state index < -0.39 is 10.0 Å². The van der Waals surface area contributed by atoms with Gasteiger partial charge >= 0.3 is 0 Å². The maximum absolute atomic E-state index is 12.3. The zero-order valence-electron chi connectivity index (χ0n) is 10.1. The number of piperidine rings is 1. The van der Waals surface area contributed by atoms with Crippen molar-refractivity contribution < 1.29 is 12.8 Å². The van der Waals surface area contributed by atoms with Crippen LogP contribution in [0.15, 0.2) is 21.6 Å². The van der Waals surface area contributed by atoms with Crippen molar-refractivity contribution in [1.82, 2.24) is 4.31 Å². The molecule has 18 heavy (non-hydrogen) atoms. The lowest BCUT2D eigenvalue weighted by atomic mass is 10.2. The Morgan fingerprint density at radius 1 is 1.44 bits per heavy atom. The molecule has 102 valence electrons. The molecule has 0 spiro atoms. The summed E-state index contributed by atoms with van der Waals surface area (Å²) < 4.78 is 31.3. The molecule has 2 rings (SSSR count). The van der Waals surface area contributed by atoms with Gasteiger partial charge in [-0.1, -0.05) is 0 Å². The molecule has 2 heterocycles. The van der Waals surface area contributed by atoms with Crippen LogP contribution in [0.25, 0.3) is 0 Å². The van der Waals surface area contributed by atoms with Crippen LogP contribution in [0.5, 0.6) is 0 Å². The van der Waals surface area contributed by atoms with Gasteiger partial charge in [0.1, 0.15) is 5.76 Å². The Morgan fingerprint density at radius 3 is 2.61 bits per heavy atom. The predicted molar refractivity (Wildman–Crippen MR) is 73.6 cm³/mol. The van der Waals surface area contributed by atoms with Crippen molar-refractivity contribution in [1.29, 1.82) is 0 Å². The first kappa shape index (κ1) is 14.2. The van der Waals surface area contributed by atoms with Crippen molar-refractivity contribution in [2.45, 2.75) is 29.1 Å². The maximum Gasteiger partial charge on any atom is 0.276 e. The third-order valence-electron chi connectivity index (χ3n) is 3.10. The summed E-state index contributed by atoms with van der Waals surface area (Å²) in [5, 5.41) is 0.562. The lowest BCUT2D eigenvalue weighted by molar-refractivity contribution is 0.334. The number of hydrogen-bond donors (Lipinski definition) is 0. The van der Waals surface area contributed by atoms with E-state index in [-0.39, 0.29) is 11.0 Å². The highest BCUT2D eigenvalue weighted by Gasteiger charge is 2.31. The molecule has 1 saturated heterocycles. The Hall–Kier alpha value is -0.170. The fourth-order valence-electron chi connectivity index (χ4n) is 2.00. The average molecular weight is 310 g/mol. The number of rotatable bonds is 4. The minimum absolute atomic E-state index is 0.000696.